The van der Waals surface area contributed by atoms with Crippen LogP contribution < -0.4 is 10.1 Å². The molecular formula is C28H31N3O2. The molecule has 33 heavy (non-hydrogen) atoms. The smallest absolute Gasteiger partial charge is 0.251 e. The van der Waals surface area contributed by atoms with Gasteiger partial charge in [0.2, 0.25) is 0 Å². The Kier molecular flexibility index (Phi) is 7.08. The first-order chi connectivity index (χ1) is 16.0. The highest BCUT2D eigenvalue weighted by Crippen LogP contribution is 2.19. The molecule has 4 aromatic rings. The second kappa shape index (κ2) is 10.3. The summed E-state index contributed by atoms with van der Waals surface area (Å²) >= 11 is 0. The van der Waals surface area contributed by atoms with Crippen molar-refractivity contribution in [2.75, 3.05) is 13.2 Å². The Bertz CT molecular complexity index is 1240. The van der Waals surface area contributed by atoms with Crippen LogP contribution in [0.25, 0.3) is 11.0 Å². The molecule has 0 aliphatic rings. The molecule has 1 heterocycles. The number of hydrogen-bond donors (Lipinski definition) is 1. The fourth-order valence-corrected chi connectivity index (χ4v) is 4.17. The number of para-hydroxylation sites is 2. The lowest BCUT2D eigenvalue weighted by Gasteiger charge is -2.12. The first-order valence-electron chi connectivity index (χ1n) is 11.5. The van der Waals surface area contributed by atoms with Crippen molar-refractivity contribution >= 4 is 16.9 Å². The van der Waals surface area contributed by atoms with Crippen molar-refractivity contribution in [3.05, 3.63) is 94.8 Å². The van der Waals surface area contributed by atoms with Crippen molar-refractivity contribution in [2.45, 2.75) is 40.2 Å². The molecule has 0 fully saturated rings. The summed E-state index contributed by atoms with van der Waals surface area (Å²) < 4.78 is 8.25. The van der Waals surface area contributed by atoms with Gasteiger partial charge in [-0.3, -0.25) is 4.79 Å². The van der Waals surface area contributed by atoms with Crippen molar-refractivity contribution in [3.8, 4) is 5.75 Å². The Morgan fingerprint density at radius 1 is 0.939 bits per heavy atom. The van der Waals surface area contributed by atoms with E-state index in [1.165, 1.54) is 11.1 Å². The molecule has 1 N–H and O–H groups in total. The summed E-state index contributed by atoms with van der Waals surface area (Å²) in [6.07, 6.45) is 1.54. The molecule has 170 valence electrons. The molecule has 0 aliphatic carbocycles. The molecule has 0 spiro atoms. The number of hydrogen-bond acceptors (Lipinski definition) is 3. The lowest BCUT2D eigenvalue weighted by atomic mass is 10.1. The number of aromatic nitrogens is 2. The summed E-state index contributed by atoms with van der Waals surface area (Å²) in [6, 6.07) is 22.1. The third kappa shape index (κ3) is 5.80. The average Bonchev–Trinajstić information content (AvgIpc) is 3.13. The molecule has 0 unspecified atom stereocenters. The van der Waals surface area contributed by atoms with Crippen LogP contribution in [0.3, 0.4) is 0 Å². The Hall–Kier alpha value is -3.60. The first kappa shape index (κ1) is 22.6. The Morgan fingerprint density at radius 2 is 1.73 bits per heavy atom. The summed E-state index contributed by atoms with van der Waals surface area (Å²) in [6.45, 7) is 8.15. The van der Waals surface area contributed by atoms with E-state index >= 15 is 0 Å². The zero-order valence-corrected chi connectivity index (χ0v) is 19.6. The van der Waals surface area contributed by atoms with Crippen LogP contribution in [0.5, 0.6) is 5.75 Å². The maximum atomic E-state index is 12.5. The maximum absolute atomic E-state index is 12.5. The molecule has 0 saturated heterocycles. The van der Waals surface area contributed by atoms with Crippen LogP contribution in [-0.4, -0.2) is 28.6 Å². The second-order valence-electron chi connectivity index (χ2n) is 8.57. The minimum atomic E-state index is -0.0526. The quantitative estimate of drug-likeness (QED) is 0.354. The van der Waals surface area contributed by atoms with E-state index in [-0.39, 0.29) is 5.91 Å². The van der Waals surface area contributed by atoms with Crippen molar-refractivity contribution in [1.29, 1.82) is 0 Å². The van der Waals surface area contributed by atoms with E-state index in [4.69, 9.17) is 9.72 Å². The first-order valence-corrected chi connectivity index (χ1v) is 11.5. The van der Waals surface area contributed by atoms with E-state index in [2.05, 4.69) is 48.0 Å². The molecule has 0 atom stereocenters. The molecule has 0 saturated carbocycles. The Balaban J connectivity index is 1.38. The minimum Gasteiger partial charge on any atom is -0.494 e. The van der Waals surface area contributed by atoms with Gasteiger partial charge in [0.25, 0.3) is 5.91 Å². The van der Waals surface area contributed by atoms with E-state index in [1.807, 2.05) is 49.4 Å². The van der Waals surface area contributed by atoms with Crippen LogP contribution in [0.15, 0.2) is 66.7 Å². The van der Waals surface area contributed by atoms with Gasteiger partial charge < -0.3 is 14.6 Å². The van der Waals surface area contributed by atoms with Gasteiger partial charge in [-0.1, -0.05) is 35.9 Å². The second-order valence-corrected chi connectivity index (χ2v) is 8.57. The van der Waals surface area contributed by atoms with Crippen LogP contribution in [0.1, 0.15) is 39.3 Å². The number of carbonyl (C=O) groups is 1. The lowest BCUT2D eigenvalue weighted by molar-refractivity contribution is 0.0954. The number of nitrogens with one attached hydrogen (secondary N) is 1. The van der Waals surface area contributed by atoms with Crippen molar-refractivity contribution in [2.24, 2.45) is 0 Å². The van der Waals surface area contributed by atoms with Gasteiger partial charge in [0, 0.05) is 25.1 Å². The van der Waals surface area contributed by atoms with E-state index in [9.17, 15) is 4.79 Å². The van der Waals surface area contributed by atoms with E-state index in [1.54, 1.807) is 0 Å². The number of aryl methyl sites for hydroxylation is 4. The average molecular weight is 442 g/mol. The third-order valence-electron chi connectivity index (χ3n) is 5.64. The number of imidazole rings is 1. The molecule has 3 aromatic carbocycles. The zero-order chi connectivity index (χ0) is 23.2. The standard InChI is InChI=1S/C28H31N3O2/c1-20-8-6-9-23(17-20)28(32)29-13-12-27-30-25-10-4-5-11-26(25)31(27)14-7-15-33-24-18-21(2)16-22(3)19-24/h4-6,8-11,16-19H,7,12-15H2,1-3H3,(H,29,32). The molecule has 1 amide bonds. The number of benzene rings is 3. The Morgan fingerprint density at radius 3 is 2.52 bits per heavy atom. The van der Waals surface area contributed by atoms with Crippen LogP contribution in [-0.2, 0) is 13.0 Å². The molecule has 5 heteroatoms. The van der Waals surface area contributed by atoms with Gasteiger partial charge in [-0.2, -0.15) is 0 Å². The van der Waals surface area contributed by atoms with Gasteiger partial charge in [-0.25, -0.2) is 4.98 Å². The van der Waals surface area contributed by atoms with Crippen LogP contribution >= 0.6 is 0 Å². The highest BCUT2D eigenvalue weighted by atomic mass is 16.5. The van der Waals surface area contributed by atoms with Gasteiger partial charge in [0.1, 0.15) is 11.6 Å². The predicted octanol–water partition coefficient (Wildman–Crippen LogP) is 5.40. The van der Waals surface area contributed by atoms with E-state index in [0.29, 0.717) is 25.1 Å². The van der Waals surface area contributed by atoms with Gasteiger partial charge in [0.05, 0.1) is 17.6 Å². The number of nitrogens with zero attached hydrogens (tertiary/aromatic N) is 2. The SMILES string of the molecule is Cc1cc(C)cc(OCCCn2c(CCNC(=O)c3cccc(C)c3)nc3ccccc32)c1. The molecule has 0 bridgehead atoms. The number of fused-ring (bicyclic) bond motifs is 1. The van der Waals surface area contributed by atoms with E-state index < -0.39 is 0 Å². The minimum absolute atomic E-state index is 0.0526. The monoisotopic (exact) mass is 441 g/mol. The predicted molar refractivity (Wildman–Crippen MR) is 133 cm³/mol. The van der Waals surface area contributed by atoms with Gasteiger partial charge in [0.15, 0.2) is 0 Å². The Labute approximate surface area is 195 Å². The number of ether oxygens (including phenoxy) is 1. The zero-order valence-electron chi connectivity index (χ0n) is 19.6. The van der Waals surface area contributed by atoms with Crippen LogP contribution in [0.4, 0.5) is 0 Å². The van der Waals surface area contributed by atoms with Gasteiger partial charge in [-0.05, 0) is 74.7 Å². The van der Waals surface area contributed by atoms with Crippen molar-refractivity contribution < 1.29 is 9.53 Å². The fourth-order valence-electron chi connectivity index (χ4n) is 4.17. The van der Waals surface area contributed by atoms with Gasteiger partial charge in [-0.15, -0.1) is 0 Å². The summed E-state index contributed by atoms with van der Waals surface area (Å²) in [7, 11) is 0. The number of rotatable bonds is 9. The number of carbonyl (C=O) groups excluding carboxylic acids is 1. The maximum Gasteiger partial charge on any atom is 0.251 e. The summed E-state index contributed by atoms with van der Waals surface area (Å²) in [4.78, 5) is 17.3. The van der Waals surface area contributed by atoms with Crippen LogP contribution in [0, 0.1) is 20.8 Å². The molecule has 4 rings (SSSR count). The highest BCUT2D eigenvalue weighted by Gasteiger charge is 2.12. The highest BCUT2D eigenvalue weighted by molar-refractivity contribution is 5.94. The molecule has 1 aromatic heterocycles. The largest absolute Gasteiger partial charge is 0.494 e. The van der Waals surface area contributed by atoms with Crippen molar-refractivity contribution in [3.63, 3.8) is 0 Å². The normalized spacial score (nSPS) is 11.0. The topological polar surface area (TPSA) is 56.1 Å². The third-order valence-corrected chi connectivity index (χ3v) is 5.64. The summed E-state index contributed by atoms with van der Waals surface area (Å²) in [5.41, 5.74) is 6.28. The fraction of sp³-hybridized carbons (Fsp3) is 0.286. The van der Waals surface area contributed by atoms with Gasteiger partial charge >= 0.3 is 0 Å². The molecule has 5 nitrogen and oxygen atoms in total. The summed E-state index contributed by atoms with van der Waals surface area (Å²) in [5.74, 6) is 1.84. The van der Waals surface area contributed by atoms with E-state index in [0.717, 1.165) is 41.1 Å². The number of amides is 1. The molecule has 0 aliphatic heterocycles. The molecular weight excluding hydrogens is 410 g/mol. The van der Waals surface area contributed by atoms with Crippen LogP contribution in [0.2, 0.25) is 0 Å². The van der Waals surface area contributed by atoms with Crippen molar-refractivity contribution in [1.82, 2.24) is 14.9 Å². The molecule has 0 radical (unpaired) electrons. The lowest BCUT2D eigenvalue weighted by Crippen LogP contribution is -2.26. The summed E-state index contributed by atoms with van der Waals surface area (Å²) in [5, 5.41) is 3.03.